The highest BCUT2D eigenvalue weighted by molar-refractivity contribution is 5.77. The van der Waals surface area contributed by atoms with Crippen molar-refractivity contribution in [3.63, 3.8) is 0 Å². The minimum absolute atomic E-state index is 0.0675. The summed E-state index contributed by atoms with van der Waals surface area (Å²) in [4.78, 5) is 26.1. The molecule has 0 radical (unpaired) electrons. The molecule has 0 bridgehead atoms. The largest absolute Gasteiger partial charge is 0.462 e. The Hall–Kier alpha value is -2.44. The third-order valence-corrected chi connectivity index (χ3v) is 11.2. The van der Waals surface area contributed by atoms with Crippen molar-refractivity contribution in [1.82, 2.24) is 5.32 Å². The Bertz CT molecular complexity index is 1060. The molecule has 3 N–H and O–H groups in total. The van der Waals surface area contributed by atoms with E-state index in [9.17, 15) is 19.8 Å². The molecule has 0 heterocycles. The van der Waals surface area contributed by atoms with E-state index in [1.165, 1.54) is 116 Å². The number of unbranched alkanes of at least 4 members (excludes halogenated alkanes) is 26. The van der Waals surface area contributed by atoms with Gasteiger partial charge in [-0.3, -0.25) is 9.59 Å². The fourth-order valence-corrected chi connectivity index (χ4v) is 7.40. The lowest BCUT2D eigenvalue weighted by molar-refractivity contribution is -0.151. The van der Waals surface area contributed by atoms with E-state index >= 15 is 0 Å². The van der Waals surface area contributed by atoms with Crippen molar-refractivity contribution in [1.29, 1.82) is 0 Å². The maximum absolute atomic E-state index is 13.2. The molecule has 0 saturated carbocycles. The first-order valence-electron chi connectivity index (χ1n) is 25.1. The molecule has 59 heavy (non-hydrogen) atoms. The quantitative estimate of drug-likeness (QED) is 0.0323. The Morgan fingerprint density at radius 2 is 0.898 bits per heavy atom. The van der Waals surface area contributed by atoms with Gasteiger partial charge in [0.05, 0.1) is 25.2 Å². The summed E-state index contributed by atoms with van der Waals surface area (Å²) in [5.41, 5.74) is 0. The lowest BCUT2D eigenvalue weighted by Crippen LogP contribution is -2.46. The monoisotopic (exact) mass is 826 g/mol. The Labute approximate surface area is 365 Å². The van der Waals surface area contributed by atoms with Crippen LogP contribution >= 0.6 is 0 Å². The van der Waals surface area contributed by atoms with Gasteiger partial charge in [0, 0.05) is 6.42 Å². The van der Waals surface area contributed by atoms with E-state index in [1.54, 1.807) is 0 Å². The van der Waals surface area contributed by atoms with Crippen molar-refractivity contribution < 1.29 is 24.5 Å². The van der Waals surface area contributed by atoms with Gasteiger partial charge in [0.1, 0.15) is 6.10 Å². The summed E-state index contributed by atoms with van der Waals surface area (Å²) < 4.78 is 5.92. The van der Waals surface area contributed by atoms with Gasteiger partial charge in [-0.05, 0) is 44.9 Å². The second-order valence-corrected chi connectivity index (χ2v) is 17.0. The molecule has 0 aromatic heterocycles. The number of ether oxygens (including phenoxy) is 1. The molecule has 1 amide bonds. The number of carbonyl (C=O) groups excluding carboxylic acids is 2. The smallest absolute Gasteiger partial charge is 0.306 e. The molecule has 0 aromatic carbocycles. The zero-order chi connectivity index (χ0) is 43.1. The fraction of sp³-hybridized carbons (Fsp3) is 0.774. The van der Waals surface area contributed by atoms with Crippen molar-refractivity contribution in [2.75, 3.05) is 6.61 Å². The number of amides is 1. The average molecular weight is 826 g/mol. The van der Waals surface area contributed by atoms with Crippen LogP contribution in [0.5, 0.6) is 0 Å². The number of aliphatic hydroxyl groups is 2. The van der Waals surface area contributed by atoms with Crippen LogP contribution in [0.15, 0.2) is 60.8 Å². The summed E-state index contributed by atoms with van der Waals surface area (Å²) in [7, 11) is 0. The zero-order valence-corrected chi connectivity index (χ0v) is 38.9. The Kier molecular flexibility index (Phi) is 44.7. The van der Waals surface area contributed by atoms with Crippen LogP contribution in [0.25, 0.3) is 0 Å². The predicted octanol–water partition coefficient (Wildman–Crippen LogP) is 14.8. The third kappa shape index (κ3) is 42.1. The van der Waals surface area contributed by atoms with Crippen molar-refractivity contribution in [2.45, 2.75) is 257 Å². The predicted molar refractivity (Wildman–Crippen MR) is 255 cm³/mol. The number of hydrogen-bond acceptors (Lipinski definition) is 5. The van der Waals surface area contributed by atoms with E-state index < -0.39 is 18.2 Å². The lowest BCUT2D eigenvalue weighted by atomic mass is 10.0. The van der Waals surface area contributed by atoms with Gasteiger partial charge in [-0.1, -0.05) is 242 Å². The summed E-state index contributed by atoms with van der Waals surface area (Å²) in [6.07, 6.45) is 57.0. The number of aliphatic hydroxyl groups excluding tert-OH is 2. The Balaban J connectivity index is 4.61. The van der Waals surface area contributed by atoms with E-state index in [0.717, 1.165) is 77.0 Å². The van der Waals surface area contributed by atoms with Crippen molar-refractivity contribution in [2.24, 2.45) is 0 Å². The SMILES string of the molecule is CCC/C=C/C=C/C=C/C=C/C=C/CCCCCCCC(=O)OC(CCCCCCCCCCCCCCC)CC(=O)NC(CO)C(O)CCCCCCCCCCC. The summed E-state index contributed by atoms with van der Waals surface area (Å²) in [5.74, 6) is -0.500. The maximum atomic E-state index is 13.2. The van der Waals surface area contributed by atoms with Crippen LogP contribution in [0.1, 0.15) is 239 Å². The number of nitrogens with one attached hydrogen (secondary N) is 1. The van der Waals surface area contributed by atoms with Gasteiger partial charge >= 0.3 is 5.97 Å². The molecule has 6 nitrogen and oxygen atoms in total. The van der Waals surface area contributed by atoms with E-state index in [-0.39, 0.29) is 24.9 Å². The topological polar surface area (TPSA) is 95.9 Å². The molecule has 0 aliphatic rings. The molecule has 6 heteroatoms. The van der Waals surface area contributed by atoms with Crippen LogP contribution in [0.2, 0.25) is 0 Å². The highest BCUT2D eigenvalue weighted by atomic mass is 16.5. The lowest BCUT2D eigenvalue weighted by Gasteiger charge is -2.24. The number of allylic oxidation sites excluding steroid dienone is 10. The van der Waals surface area contributed by atoms with Crippen LogP contribution in [0, 0.1) is 0 Å². The molecule has 342 valence electrons. The van der Waals surface area contributed by atoms with Crippen LogP contribution in [-0.4, -0.2) is 46.9 Å². The Morgan fingerprint density at radius 3 is 1.37 bits per heavy atom. The second-order valence-electron chi connectivity index (χ2n) is 17.0. The molecule has 0 rings (SSSR count). The van der Waals surface area contributed by atoms with E-state index in [2.05, 4.69) is 62.5 Å². The fourth-order valence-electron chi connectivity index (χ4n) is 7.40. The molecular formula is C53H95NO5. The van der Waals surface area contributed by atoms with Crippen LogP contribution in [0.3, 0.4) is 0 Å². The molecule has 0 fully saturated rings. The van der Waals surface area contributed by atoms with Gasteiger partial charge in [-0.2, -0.15) is 0 Å². The first-order chi connectivity index (χ1) is 29.0. The molecule has 3 atom stereocenters. The minimum Gasteiger partial charge on any atom is -0.462 e. The van der Waals surface area contributed by atoms with Crippen molar-refractivity contribution in [3.8, 4) is 0 Å². The first kappa shape index (κ1) is 56.6. The van der Waals surface area contributed by atoms with Crippen LogP contribution < -0.4 is 5.32 Å². The van der Waals surface area contributed by atoms with Crippen LogP contribution in [-0.2, 0) is 14.3 Å². The van der Waals surface area contributed by atoms with Crippen molar-refractivity contribution >= 4 is 11.9 Å². The van der Waals surface area contributed by atoms with E-state index in [1.807, 2.05) is 24.3 Å². The van der Waals surface area contributed by atoms with Gasteiger partial charge in [0.25, 0.3) is 0 Å². The van der Waals surface area contributed by atoms with Gasteiger partial charge in [-0.15, -0.1) is 0 Å². The molecule has 0 aliphatic carbocycles. The minimum atomic E-state index is -0.790. The first-order valence-corrected chi connectivity index (χ1v) is 25.1. The summed E-state index contributed by atoms with van der Waals surface area (Å²) in [6.45, 7) is 6.37. The summed E-state index contributed by atoms with van der Waals surface area (Å²) in [5, 5.41) is 23.7. The van der Waals surface area contributed by atoms with E-state index in [0.29, 0.717) is 19.3 Å². The molecule has 3 unspecified atom stereocenters. The second kappa shape index (κ2) is 46.6. The number of rotatable bonds is 44. The molecule has 0 saturated heterocycles. The molecular weight excluding hydrogens is 731 g/mol. The highest BCUT2D eigenvalue weighted by Gasteiger charge is 2.24. The number of carbonyl (C=O) groups is 2. The summed E-state index contributed by atoms with van der Waals surface area (Å²) in [6, 6.07) is -0.705. The van der Waals surface area contributed by atoms with Gasteiger partial charge in [-0.25, -0.2) is 0 Å². The Morgan fingerprint density at radius 1 is 0.492 bits per heavy atom. The zero-order valence-electron chi connectivity index (χ0n) is 38.9. The normalized spacial score (nSPS) is 13.8. The molecule has 0 spiro atoms. The van der Waals surface area contributed by atoms with E-state index in [4.69, 9.17) is 4.74 Å². The standard InChI is InChI=1S/C53H95NO5/c1-4-7-10-13-16-19-21-23-24-25-26-27-29-31-34-37-40-43-46-53(58)59-49(44-41-38-35-33-30-28-22-20-17-14-11-8-5-2)47-52(57)54-50(48-55)51(56)45-42-39-36-32-18-15-12-9-6-3/h10,13,16,19,21,23-27,49-51,55-56H,4-9,11-12,14-15,17-18,20,22,28-48H2,1-3H3,(H,54,57)/b13-10+,19-16+,23-21+,25-24+,27-26+. The molecule has 0 aliphatic heterocycles. The van der Waals surface area contributed by atoms with Crippen molar-refractivity contribution in [3.05, 3.63) is 60.8 Å². The van der Waals surface area contributed by atoms with Crippen LogP contribution in [0.4, 0.5) is 0 Å². The number of hydrogen-bond donors (Lipinski definition) is 3. The van der Waals surface area contributed by atoms with Gasteiger partial charge in [0.15, 0.2) is 0 Å². The third-order valence-electron chi connectivity index (χ3n) is 11.2. The van der Waals surface area contributed by atoms with Gasteiger partial charge < -0.3 is 20.3 Å². The number of esters is 1. The maximum Gasteiger partial charge on any atom is 0.306 e. The van der Waals surface area contributed by atoms with Gasteiger partial charge in [0.2, 0.25) is 5.91 Å². The average Bonchev–Trinajstić information content (AvgIpc) is 3.23. The summed E-state index contributed by atoms with van der Waals surface area (Å²) >= 11 is 0. The highest BCUT2D eigenvalue weighted by Crippen LogP contribution is 2.18. The molecule has 0 aromatic rings.